The van der Waals surface area contributed by atoms with Gasteiger partial charge in [-0.1, -0.05) is 13.8 Å². The van der Waals surface area contributed by atoms with Crippen molar-refractivity contribution < 1.29 is 4.79 Å². The van der Waals surface area contributed by atoms with Gasteiger partial charge in [0.1, 0.15) is 0 Å². The smallest absolute Gasteiger partial charge is 0.277 e. The number of thiazole rings is 1. The van der Waals surface area contributed by atoms with E-state index in [1.54, 1.807) is 0 Å². The third-order valence-electron chi connectivity index (χ3n) is 1.65. The molecule has 0 unspecified atom stereocenters. The molecule has 0 saturated heterocycles. The molecule has 1 aromatic rings. The molecule has 0 aliphatic rings. The minimum atomic E-state index is -0.422. The molecule has 0 bridgehead atoms. The molecular formula is C8H12N2OS. The average molecular weight is 184 g/mol. The van der Waals surface area contributed by atoms with E-state index in [1.165, 1.54) is 16.2 Å². The zero-order valence-corrected chi connectivity index (χ0v) is 8.07. The fourth-order valence-corrected chi connectivity index (χ4v) is 1.98. The first kappa shape index (κ1) is 9.19. The molecule has 0 atom stereocenters. The summed E-state index contributed by atoms with van der Waals surface area (Å²) in [5, 5.41) is 0.434. The van der Waals surface area contributed by atoms with Crippen LogP contribution in [0.4, 0.5) is 0 Å². The van der Waals surface area contributed by atoms with Gasteiger partial charge in [-0.3, -0.25) is 4.79 Å². The Bertz CT molecular complexity index is 272. The van der Waals surface area contributed by atoms with Crippen molar-refractivity contribution in [1.29, 1.82) is 0 Å². The summed E-state index contributed by atoms with van der Waals surface area (Å²) < 4.78 is 0. The van der Waals surface area contributed by atoms with Crippen LogP contribution in [0.2, 0.25) is 0 Å². The van der Waals surface area contributed by atoms with Gasteiger partial charge in [0.15, 0.2) is 5.01 Å². The number of primary amides is 1. The van der Waals surface area contributed by atoms with Crippen LogP contribution >= 0.6 is 11.3 Å². The Hall–Kier alpha value is -0.900. The lowest BCUT2D eigenvalue weighted by molar-refractivity contribution is 0.1000. The van der Waals surface area contributed by atoms with Crippen molar-refractivity contribution in [2.45, 2.75) is 26.7 Å². The van der Waals surface area contributed by atoms with Gasteiger partial charge in [0.2, 0.25) is 0 Å². The molecule has 0 fully saturated rings. The van der Waals surface area contributed by atoms with Crippen molar-refractivity contribution in [2.24, 2.45) is 5.73 Å². The van der Waals surface area contributed by atoms with Crippen LogP contribution in [0.15, 0.2) is 0 Å². The number of aryl methyl sites for hydroxylation is 2. The SMILES string of the molecule is CCc1nc(C(N)=O)sc1CC. The topological polar surface area (TPSA) is 56.0 Å². The number of carbonyl (C=O) groups excluding carboxylic acids is 1. The summed E-state index contributed by atoms with van der Waals surface area (Å²) >= 11 is 1.41. The largest absolute Gasteiger partial charge is 0.364 e. The molecule has 0 spiro atoms. The maximum absolute atomic E-state index is 10.8. The lowest BCUT2D eigenvalue weighted by atomic mass is 10.2. The number of rotatable bonds is 3. The quantitative estimate of drug-likeness (QED) is 0.771. The van der Waals surface area contributed by atoms with Gasteiger partial charge in [-0.15, -0.1) is 11.3 Å². The molecule has 0 aliphatic carbocycles. The predicted octanol–water partition coefficient (Wildman–Crippen LogP) is 1.37. The first-order valence-corrected chi connectivity index (χ1v) is 4.79. The highest BCUT2D eigenvalue weighted by molar-refractivity contribution is 7.13. The van der Waals surface area contributed by atoms with E-state index in [-0.39, 0.29) is 0 Å². The summed E-state index contributed by atoms with van der Waals surface area (Å²) in [6, 6.07) is 0. The molecule has 2 N–H and O–H groups in total. The Morgan fingerprint density at radius 2 is 2.17 bits per heavy atom. The minimum Gasteiger partial charge on any atom is -0.364 e. The second kappa shape index (κ2) is 3.67. The molecule has 0 aromatic carbocycles. The lowest BCUT2D eigenvalue weighted by Gasteiger charge is -1.90. The molecule has 1 heterocycles. The van der Waals surface area contributed by atoms with E-state index in [0.717, 1.165) is 18.5 Å². The first-order chi connectivity index (χ1) is 5.69. The summed E-state index contributed by atoms with van der Waals surface area (Å²) in [4.78, 5) is 16.1. The van der Waals surface area contributed by atoms with Gasteiger partial charge in [-0.25, -0.2) is 4.98 Å². The summed E-state index contributed by atoms with van der Waals surface area (Å²) in [7, 11) is 0. The average Bonchev–Trinajstić information content (AvgIpc) is 2.46. The first-order valence-electron chi connectivity index (χ1n) is 3.97. The van der Waals surface area contributed by atoms with Gasteiger partial charge in [0.25, 0.3) is 5.91 Å². The van der Waals surface area contributed by atoms with Crippen molar-refractivity contribution in [1.82, 2.24) is 4.98 Å². The standard InChI is InChI=1S/C8H12N2OS/c1-3-5-6(4-2)12-8(10-5)7(9)11/h3-4H2,1-2H3,(H2,9,11). The Kier molecular flexibility index (Phi) is 2.81. The maximum atomic E-state index is 10.8. The number of carbonyl (C=O) groups is 1. The molecule has 66 valence electrons. The number of amides is 1. The van der Waals surface area contributed by atoms with Crippen LogP contribution in [0.3, 0.4) is 0 Å². The predicted molar refractivity (Wildman–Crippen MR) is 49.4 cm³/mol. The fourth-order valence-electron chi connectivity index (χ4n) is 1.04. The van der Waals surface area contributed by atoms with Crippen LogP contribution in [0, 0.1) is 0 Å². The van der Waals surface area contributed by atoms with Crippen LogP contribution in [0.1, 0.15) is 34.2 Å². The van der Waals surface area contributed by atoms with Crippen LogP contribution in [-0.4, -0.2) is 10.9 Å². The monoisotopic (exact) mass is 184 g/mol. The van der Waals surface area contributed by atoms with E-state index in [1.807, 2.05) is 6.92 Å². The molecule has 1 aromatic heterocycles. The Morgan fingerprint density at radius 1 is 1.50 bits per heavy atom. The maximum Gasteiger partial charge on any atom is 0.277 e. The summed E-state index contributed by atoms with van der Waals surface area (Å²) in [5.41, 5.74) is 6.12. The summed E-state index contributed by atoms with van der Waals surface area (Å²) in [6.07, 6.45) is 1.79. The Balaban J connectivity index is 3.05. The molecule has 0 radical (unpaired) electrons. The fraction of sp³-hybridized carbons (Fsp3) is 0.500. The number of hydrogen-bond donors (Lipinski definition) is 1. The molecule has 1 rings (SSSR count). The molecule has 0 saturated carbocycles. The normalized spacial score (nSPS) is 10.2. The zero-order chi connectivity index (χ0) is 9.14. The molecule has 4 heteroatoms. The second-order valence-electron chi connectivity index (χ2n) is 2.46. The van der Waals surface area contributed by atoms with Gasteiger partial charge < -0.3 is 5.73 Å². The zero-order valence-electron chi connectivity index (χ0n) is 7.26. The lowest BCUT2D eigenvalue weighted by Crippen LogP contribution is -2.10. The van der Waals surface area contributed by atoms with Crippen LogP contribution in [0.5, 0.6) is 0 Å². The highest BCUT2D eigenvalue weighted by Crippen LogP contribution is 2.19. The van der Waals surface area contributed by atoms with Crippen molar-refractivity contribution in [2.75, 3.05) is 0 Å². The van der Waals surface area contributed by atoms with Gasteiger partial charge in [0, 0.05) is 4.88 Å². The highest BCUT2D eigenvalue weighted by Gasteiger charge is 2.11. The number of nitrogens with two attached hydrogens (primary N) is 1. The van der Waals surface area contributed by atoms with Crippen LogP contribution in [-0.2, 0) is 12.8 Å². The van der Waals surface area contributed by atoms with Gasteiger partial charge in [-0.05, 0) is 12.8 Å². The molecule has 0 aliphatic heterocycles. The molecule has 12 heavy (non-hydrogen) atoms. The van der Waals surface area contributed by atoms with E-state index in [4.69, 9.17) is 5.73 Å². The van der Waals surface area contributed by atoms with Gasteiger partial charge >= 0.3 is 0 Å². The van der Waals surface area contributed by atoms with Crippen molar-refractivity contribution in [3.63, 3.8) is 0 Å². The number of nitrogens with zero attached hydrogens (tertiary/aromatic N) is 1. The molecule has 3 nitrogen and oxygen atoms in total. The van der Waals surface area contributed by atoms with E-state index in [2.05, 4.69) is 11.9 Å². The molecule has 1 amide bonds. The van der Waals surface area contributed by atoms with Crippen molar-refractivity contribution >= 4 is 17.2 Å². The summed E-state index contributed by atoms with van der Waals surface area (Å²) in [5.74, 6) is -0.422. The van der Waals surface area contributed by atoms with Crippen molar-refractivity contribution in [3.8, 4) is 0 Å². The van der Waals surface area contributed by atoms with E-state index < -0.39 is 5.91 Å². The minimum absolute atomic E-state index is 0.422. The highest BCUT2D eigenvalue weighted by atomic mass is 32.1. The van der Waals surface area contributed by atoms with E-state index >= 15 is 0 Å². The Labute approximate surface area is 75.6 Å². The van der Waals surface area contributed by atoms with Crippen molar-refractivity contribution in [3.05, 3.63) is 15.6 Å². The third-order valence-corrected chi connectivity index (χ3v) is 2.90. The Morgan fingerprint density at radius 3 is 2.50 bits per heavy atom. The van der Waals surface area contributed by atoms with Gasteiger partial charge in [-0.2, -0.15) is 0 Å². The summed E-state index contributed by atoms with van der Waals surface area (Å²) in [6.45, 7) is 4.08. The second-order valence-corrected chi connectivity index (χ2v) is 3.54. The molecular weight excluding hydrogens is 172 g/mol. The number of aromatic nitrogens is 1. The van der Waals surface area contributed by atoms with E-state index in [0.29, 0.717) is 5.01 Å². The third kappa shape index (κ3) is 1.64. The van der Waals surface area contributed by atoms with Gasteiger partial charge in [0.05, 0.1) is 5.69 Å². The van der Waals surface area contributed by atoms with E-state index in [9.17, 15) is 4.79 Å². The van der Waals surface area contributed by atoms with Crippen LogP contribution in [0.25, 0.3) is 0 Å². The van der Waals surface area contributed by atoms with Crippen LogP contribution < -0.4 is 5.73 Å². The number of hydrogen-bond acceptors (Lipinski definition) is 3.